The maximum atomic E-state index is 14.6. The van der Waals surface area contributed by atoms with E-state index in [4.69, 9.17) is 0 Å². The van der Waals surface area contributed by atoms with Gasteiger partial charge in [-0.25, -0.2) is 4.39 Å². The number of nitrogens with zero attached hydrogens (tertiary/aromatic N) is 1. The van der Waals surface area contributed by atoms with Gasteiger partial charge in [-0.05, 0) is 50.5 Å². The first-order valence-corrected chi connectivity index (χ1v) is 11.6. The van der Waals surface area contributed by atoms with Gasteiger partial charge >= 0.3 is 0 Å². The third-order valence-corrected chi connectivity index (χ3v) is 5.67. The molecule has 3 rings (SSSR count). The van der Waals surface area contributed by atoms with E-state index in [0.717, 1.165) is 16.7 Å². The van der Waals surface area contributed by atoms with Crippen LogP contribution >= 0.6 is 0 Å². The number of rotatable bonds is 8. The number of carbonyl (C=O) groups is 2. The second-order valence-electron chi connectivity index (χ2n) is 9.66. The van der Waals surface area contributed by atoms with Gasteiger partial charge in [-0.1, -0.05) is 72.8 Å². The Balaban J connectivity index is 2.01. The molecule has 0 spiro atoms. The van der Waals surface area contributed by atoms with Crippen LogP contribution < -0.4 is 5.32 Å². The molecule has 178 valence electrons. The summed E-state index contributed by atoms with van der Waals surface area (Å²) in [6.07, 6.45) is 0.464. The summed E-state index contributed by atoms with van der Waals surface area (Å²) < 4.78 is 14.6. The molecule has 0 aliphatic rings. The van der Waals surface area contributed by atoms with Crippen molar-refractivity contribution in [2.24, 2.45) is 0 Å². The number of halogens is 1. The minimum absolute atomic E-state index is 0.00640. The van der Waals surface area contributed by atoms with Crippen LogP contribution in [0.4, 0.5) is 4.39 Å². The maximum Gasteiger partial charge on any atom is 0.243 e. The second kappa shape index (κ2) is 11.1. The van der Waals surface area contributed by atoms with Crippen molar-refractivity contribution in [1.29, 1.82) is 0 Å². The Bertz CT molecular complexity index is 1120. The largest absolute Gasteiger partial charge is 0.350 e. The molecular formula is C29H33FN2O2. The van der Waals surface area contributed by atoms with Crippen LogP contribution in [0.3, 0.4) is 0 Å². The van der Waals surface area contributed by atoms with E-state index in [1.807, 2.05) is 82.3 Å². The summed E-state index contributed by atoms with van der Waals surface area (Å²) in [4.78, 5) is 28.7. The summed E-state index contributed by atoms with van der Waals surface area (Å²) in [5, 5.41) is 3.02. The van der Waals surface area contributed by atoms with Crippen molar-refractivity contribution in [3.63, 3.8) is 0 Å². The predicted molar refractivity (Wildman–Crippen MR) is 134 cm³/mol. The van der Waals surface area contributed by atoms with E-state index in [1.165, 1.54) is 11.0 Å². The Morgan fingerprint density at radius 1 is 0.882 bits per heavy atom. The van der Waals surface area contributed by atoms with Crippen molar-refractivity contribution in [2.75, 3.05) is 0 Å². The minimum Gasteiger partial charge on any atom is -0.350 e. The van der Waals surface area contributed by atoms with Gasteiger partial charge in [0.2, 0.25) is 11.8 Å². The standard InChI is InChI=1S/C29H33FN2O2/c1-21-12-8-9-15-23(21)19-27(33)32(20-24-16-10-11-17-25(24)30)26(28(34)31-29(2,3)4)18-22-13-6-5-7-14-22/h5-17,26H,18-20H2,1-4H3,(H,31,34)/t26-/m1/s1. The Kier molecular flexibility index (Phi) is 8.21. The lowest BCUT2D eigenvalue weighted by atomic mass is 9.99. The first kappa shape index (κ1) is 25.2. The van der Waals surface area contributed by atoms with Crippen LogP contribution in [-0.4, -0.2) is 28.3 Å². The van der Waals surface area contributed by atoms with E-state index in [2.05, 4.69) is 5.32 Å². The van der Waals surface area contributed by atoms with E-state index < -0.39 is 17.4 Å². The summed E-state index contributed by atoms with van der Waals surface area (Å²) >= 11 is 0. The van der Waals surface area contributed by atoms with Crippen LogP contribution in [0.5, 0.6) is 0 Å². The molecule has 0 aromatic heterocycles. The van der Waals surface area contributed by atoms with E-state index in [1.54, 1.807) is 18.2 Å². The molecule has 0 fully saturated rings. The number of carbonyl (C=O) groups excluding carboxylic acids is 2. The molecule has 1 N–H and O–H groups in total. The van der Waals surface area contributed by atoms with Crippen molar-refractivity contribution >= 4 is 11.8 Å². The fraction of sp³-hybridized carbons (Fsp3) is 0.310. The molecule has 4 nitrogen and oxygen atoms in total. The molecule has 0 bridgehead atoms. The van der Waals surface area contributed by atoms with Gasteiger partial charge in [0.1, 0.15) is 11.9 Å². The Morgan fingerprint density at radius 3 is 2.09 bits per heavy atom. The maximum absolute atomic E-state index is 14.6. The molecular weight excluding hydrogens is 427 g/mol. The minimum atomic E-state index is -0.794. The van der Waals surface area contributed by atoms with Crippen LogP contribution in [-0.2, 0) is 29.0 Å². The summed E-state index contributed by atoms with van der Waals surface area (Å²) in [7, 11) is 0. The number of amides is 2. The number of hydrogen-bond donors (Lipinski definition) is 1. The van der Waals surface area contributed by atoms with Gasteiger partial charge in [0.25, 0.3) is 0 Å². The molecule has 0 saturated carbocycles. The third-order valence-electron chi connectivity index (χ3n) is 5.67. The average Bonchev–Trinajstić information content (AvgIpc) is 2.78. The van der Waals surface area contributed by atoms with Crippen molar-refractivity contribution in [3.05, 3.63) is 107 Å². The number of nitrogens with one attached hydrogen (secondary N) is 1. The summed E-state index contributed by atoms with van der Waals surface area (Å²) in [6, 6.07) is 22.9. The van der Waals surface area contributed by atoms with Gasteiger partial charge in [0, 0.05) is 24.1 Å². The Labute approximate surface area is 201 Å². The summed E-state index contributed by atoms with van der Waals surface area (Å²) in [6.45, 7) is 7.67. The Hall–Kier alpha value is -3.47. The molecule has 3 aromatic rings. The van der Waals surface area contributed by atoms with Crippen molar-refractivity contribution in [3.8, 4) is 0 Å². The topological polar surface area (TPSA) is 49.4 Å². The predicted octanol–water partition coefficient (Wildman–Crippen LogP) is 5.23. The van der Waals surface area contributed by atoms with Gasteiger partial charge in [-0.3, -0.25) is 9.59 Å². The van der Waals surface area contributed by atoms with Gasteiger partial charge in [0.05, 0.1) is 6.42 Å². The zero-order valence-corrected chi connectivity index (χ0v) is 20.3. The molecule has 0 aliphatic carbocycles. The molecule has 0 aliphatic heterocycles. The van der Waals surface area contributed by atoms with Crippen molar-refractivity contribution in [1.82, 2.24) is 10.2 Å². The molecule has 3 aromatic carbocycles. The SMILES string of the molecule is Cc1ccccc1CC(=O)N(Cc1ccccc1F)[C@H](Cc1ccccc1)C(=O)NC(C)(C)C. The summed E-state index contributed by atoms with van der Waals surface area (Å²) in [5.41, 5.74) is 2.72. The molecule has 1 atom stereocenters. The number of aryl methyl sites for hydroxylation is 1. The van der Waals surface area contributed by atoms with Crippen molar-refractivity contribution in [2.45, 2.75) is 58.7 Å². The fourth-order valence-corrected chi connectivity index (χ4v) is 3.89. The lowest BCUT2D eigenvalue weighted by molar-refractivity contribution is -0.141. The van der Waals surface area contributed by atoms with Gasteiger partial charge in [-0.2, -0.15) is 0 Å². The molecule has 2 amide bonds. The third kappa shape index (κ3) is 7.01. The smallest absolute Gasteiger partial charge is 0.243 e. The monoisotopic (exact) mass is 460 g/mol. The highest BCUT2D eigenvalue weighted by Crippen LogP contribution is 2.19. The van der Waals surface area contributed by atoms with Crippen LogP contribution in [0.15, 0.2) is 78.9 Å². The second-order valence-corrected chi connectivity index (χ2v) is 9.66. The van der Waals surface area contributed by atoms with E-state index in [-0.39, 0.29) is 24.8 Å². The molecule has 0 unspecified atom stereocenters. The first-order chi connectivity index (χ1) is 16.1. The highest BCUT2D eigenvalue weighted by Gasteiger charge is 2.32. The molecule has 0 heterocycles. The lowest BCUT2D eigenvalue weighted by Gasteiger charge is -2.34. The van der Waals surface area contributed by atoms with E-state index >= 15 is 0 Å². The highest BCUT2D eigenvalue weighted by molar-refractivity contribution is 5.89. The van der Waals surface area contributed by atoms with E-state index in [0.29, 0.717) is 12.0 Å². The van der Waals surface area contributed by atoms with Crippen LogP contribution in [0, 0.1) is 12.7 Å². The van der Waals surface area contributed by atoms with Crippen LogP contribution in [0.25, 0.3) is 0 Å². The van der Waals surface area contributed by atoms with Crippen LogP contribution in [0.2, 0.25) is 0 Å². The number of hydrogen-bond acceptors (Lipinski definition) is 2. The quantitative estimate of drug-likeness (QED) is 0.500. The van der Waals surface area contributed by atoms with Gasteiger partial charge in [-0.15, -0.1) is 0 Å². The summed E-state index contributed by atoms with van der Waals surface area (Å²) in [5.74, 6) is -0.876. The number of benzene rings is 3. The fourth-order valence-electron chi connectivity index (χ4n) is 3.89. The zero-order chi connectivity index (χ0) is 24.7. The van der Waals surface area contributed by atoms with Crippen molar-refractivity contribution < 1.29 is 14.0 Å². The zero-order valence-electron chi connectivity index (χ0n) is 20.3. The average molecular weight is 461 g/mol. The van der Waals surface area contributed by atoms with Crippen LogP contribution in [0.1, 0.15) is 43.0 Å². The normalized spacial score (nSPS) is 12.1. The molecule has 5 heteroatoms. The molecule has 0 saturated heterocycles. The van der Waals surface area contributed by atoms with Gasteiger partial charge < -0.3 is 10.2 Å². The molecule has 0 radical (unpaired) electrons. The molecule has 34 heavy (non-hydrogen) atoms. The lowest BCUT2D eigenvalue weighted by Crippen LogP contribution is -2.54. The Morgan fingerprint density at radius 2 is 1.47 bits per heavy atom. The highest BCUT2D eigenvalue weighted by atomic mass is 19.1. The van der Waals surface area contributed by atoms with Gasteiger partial charge in [0.15, 0.2) is 0 Å². The first-order valence-electron chi connectivity index (χ1n) is 11.6. The van der Waals surface area contributed by atoms with E-state index in [9.17, 15) is 14.0 Å².